The lowest BCUT2D eigenvalue weighted by Crippen LogP contribution is -2.46. The fourth-order valence-electron chi connectivity index (χ4n) is 1.23. The predicted octanol–water partition coefficient (Wildman–Crippen LogP) is 1.88. The molecule has 0 spiro atoms. The van der Waals surface area contributed by atoms with E-state index in [9.17, 15) is 0 Å². The van der Waals surface area contributed by atoms with E-state index in [2.05, 4.69) is 24.2 Å². The Labute approximate surface area is 90.7 Å². The lowest BCUT2D eigenvalue weighted by molar-refractivity contribution is 0.156. The van der Waals surface area contributed by atoms with Gasteiger partial charge in [-0.1, -0.05) is 11.8 Å². The van der Waals surface area contributed by atoms with Gasteiger partial charge in [0.25, 0.3) is 0 Å². The molecule has 4 heteroatoms. The zero-order chi connectivity index (χ0) is 10.4. The molecule has 1 aliphatic heterocycles. The Hall–Kier alpha value is -0.220. The van der Waals surface area contributed by atoms with Crippen LogP contribution < -0.4 is 5.32 Å². The number of amidine groups is 1. The fourth-order valence-corrected chi connectivity index (χ4v) is 2.57. The lowest BCUT2D eigenvalue weighted by atomic mass is 10.0. The van der Waals surface area contributed by atoms with Crippen LogP contribution in [0.2, 0.25) is 0 Å². The number of hydrogen-bond acceptors (Lipinski definition) is 3. The molecule has 0 saturated carbocycles. The molecule has 0 bridgehead atoms. The highest BCUT2D eigenvalue weighted by molar-refractivity contribution is 8.13. The zero-order valence-electron chi connectivity index (χ0n) is 9.30. The van der Waals surface area contributed by atoms with Crippen molar-refractivity contribution in [3.05, 3.63) is 0 Å². The number of nitrogens with zero attached hydrogens (tertiary/aromatic N) is 1. The van der Waals surface area contributed by atoms with Crippen molar-refractivity contribution >= 4 is 16.9 Å². The molecule has 82 valence electrons. The highest BCUT2D eigenvalue weighted by atomic mass is 32.2. The topological polar surface area (TPSA) is 33.6 Å². The van der Waals surface area contributed by atoms with Gasteiger partial charge >= 0.3 is 0 Å². The van der Waals surface area contributed by atoms with Gasteiger partial charge in [-0.25, -0.2) is 0 Å². The molecule has 0 unspecified atom stereocenters. The molecule has 1 aliphatic rings. The summed E-state index contributed by atoms with van der Waals surface area (Å²) in [5, 5.41) is 4.50. The molecule has 0 aromatic carbocycles. The van der Waals surface area contributed by atoms with Gasteiger partial charge in [0.1, 0.15) is 0 Å². The highest BCUT2D eigenvalue weighted by Crippen LogP contribution is 2.21. The van der Waals surface area contributed by atoms with Crippen molar-refractivity contribution in [1.82, 2.24) is 5.32 Å². The van der Waals surface area contributed by atoms with Crippen molar-refractivity contribution in [2.45, 2.75) is 32.7 Å². The predicted molar refractivity (Wildman–Crippen MR) is 63.1 cm³/mol. The SMILES string of the molecule is CCOCCN=C1NC(C)(C)CCS1. The maximum atomic E-state index is 5.23. The number of aliphatic imine (C=N–C) groups is 1. The Balaban J connectivity index is 2.29. The fraction of sp³-hybridized carbons (Fsp3) is 0.900. The second-order valence-electron chi connectivity index (χ2n) is 3.99. The van der Waals surface area contributed by atoms with Gasteiger partial charge in [0.05, 0.1) is 13.2 Å². The van der Waals surface area contributed by atoms with E-state index in [1.165, 1.54) is 6.42 Å². The molecule has 0 aromatic heterocycles. The zero-order valence-corrected chi connectivity index (χ0v) is 10.1. The minimum Gasteiger partial charge on any atom is -0.380 e. The van der Waals surface area contributed by atoms with Crippen LogP contribution in [0.25, 0.3) is 0 Å². The van der Waals surface area contributed by atoms with Gasteiger partial charge in [-0.3, -0.25) is 4.99 Å². The van der Waals surface area contributed by atoms with Crippen LogP contribution in [0.5, 0.6) is 0 Å². The molecule has 1 heterocycles. The van der Waals surface area contributed by atoms with Crippen LogP contribution >= 0.6 is 11.8 Å². The molecule has 1 rings (SSSR count). The largest absolute Gasteiger partial charge is 0.380 e. The summed E-state index contributed by atoms with van der Waals surface area (Å²) in [7, 11) is 0. The van der Waals surface area contributed by atoms with E-state index in [4.69, 9.17) is 4.74 Å². The van der Waals surface area contributed by atoms with Gasteiger partial charge in [-0.05, 0) is 27.2 Å². The first kappa shape index (κ1) is 11.9. The van der Waals surface area contributed by atoms with Crippen molar-refractivity contribution in [3.8, 4) is 0 Å². The number of nitrogens with one attached hydrogen (secondary N) is 1. The molecule has 0 aromatic rings. The van der Waals surface area contributed by atoms with Gasteiger partial charge < -0.3 is 10.1 Å². The maximum absolute atomic E-state index is 5.23. The summed E-state index contributed by atoms with van der Waals surface area (Å²) in [5.74, 6) is 1.16. The molecule has 0 radical (unpaired) electrons. The van der Waals surface area contributed by atoms with Crippen LogP contribution in [0.15, 0.2) is 4.99 Å². The van der Waals surface area contributed by atoms with Crippen molar-refractivity contribution in [2.24, 2.45) is 4.99 Å². The molecule has 1 N–H and O–H groups in total. The third-order valence-electron chi connectivity index (χ3n) is 2.11. The summed E-state index contributed by atoms with van der Waals surface area (Å²) in [6.45, 7) is 8.69. The first-order valence-electron chi connectivity index (χ1n) is 5.17. The van der Waals surface area contributed by atoms with Crippen molar-refractivity contribution in [1.29, 1.82) is 0 Å². The normalized spacial score (nSPS) is 23.5. The van der Waals surface area contributed by atoms with E-state index >= 15 is 0 Å². The third-order valence-corrected chi connectivity index (χ3v) is 3.02. The van der Waals surface area contributed by atoms with Crippen LogP contribution in [0.1, 0.15) is 27.2 Å². The van der Waals surface area contributed by atoms with Gasteiger partial charge in [0.15, 0.2) is 5.17 Å². The maximum Gasteiger partial charge on any atom is 0.157 e. The lowest BCUT2D eigenvalue weighted by Gasteiger charge is -2.32. The minimum absolute atomic E-state index is 0.204. The van der Waals surface area contributed by atoms with Gasteiger partial charge in [-0.15, -0.1) is 0 Å². The summed E-state index contributed by atoms with van der Waals surface area (Å²) in [6.07, 6.45) is 1.20. The van der Waals surface area contributed by atoms with E-state index in [-0.39, 0.29) is 5.54 Å². The van der Waals surface area contributed by atoms with Crippen LogP contribution in [0, 0.1) is 0 Å². The molecule has 1 saturated heterocycles. The van der Waals surface area contributed by atoms with Crippen LogP contribution in [0.3, 0.4) is 0 Å². The Bertz CT molecular complexity index is 204. The minimum atomic E-state index is 0.204. The Morgan fingerprint density at radius 2 is 2.36 bits per heavy atom. The molecular weight excluding hydrogens is 196 g/mol. The Morgan fingerprint density at radius 3 is 3.00 bits per heavy atom. The van der Waals surface area contributed by atoms with Crippen molar-refractivity contribution in [2.75, 3.05) is 25.5 Å². The molecule has 1 fully saturated rings. The number of hydrogen-bond donors (Lipinski definition) is 1. The smallest absolute Gasteiger partial charge is 0.157 e. The molecule has 0 aliphatic carbocycles. The summed E-state index contributed by atoms with van der Waals surface area (Å²) < 4.78 is 5.23. The monoisotopic (exact) mass is 216 g/mol. The Morgan fingerprint density at radius 1 is 1.57 bits per heavy atom. The van der Waals surface area contributed by atoms with E-state index in [1.54, 1.807) is 11.8 Å². The van der Waals surface area contributed by atoms with Gasteiger partial charge in [0.2, 0.25) is 0 Å². The second-order valence-corrected chi connectivity index (χ2v) is 5.07. The molecule has 0 atom stereocenters. The van der Waals surface area contributed by atoms with Gasteiger partial charge in [0, 0.05) is 17.9 Å². The summed E-state index contributed by atoms with van der Waals surface area (Å²) in [4.78, 5) is 4.46. The highest BCUT2D eigenvalue weighted by Gasteiger charge is 2.23. The average Bonchev–Trinajstić information content (AvgIpc) is 2.11. The average molecular weight is 216 g/mol. The first-order chi connectivity index (χ1) is 6.64. The Kier molecular flexibility index (Phi) is 4.75. The van der Waals surface area contributed by atoms with Crippen molar-refractivity contribution in [3.63, 3.8) is 0 Å². The summed E-state index contributed by atoms with van der Waals surface area (Å²) in [6, 6.07) is 0. The van der Waals surface area contributed by atoms with Gasteiger partial charge in [-0.2, -0.15) is 0 Å². The van der Waals surface area contributed by atoms with E-state index in [1.807, 2.05) is 6.92 Å². The van der Waals surface area contributed by atoms with Crippen LogP contribution in [-0.4, -0.2) is 36.2 Å². The molecular formula is C10H20N2OS. The number of ether oxygens (including phenoxy) is 1. The summed E-state index contributed by atoms with van der Waals surface area (Å²) >= 11 is 1.81. The number of rotatable bonds is 4. The summed E-state index contributed by atoms with van der Waals surface area (Å²) in [5.41, 5.74) is 0.204. The molecule has 0 amide bonds. The third kappa shape index (κ3) is 4.33. The van der Waals surface area contributed by atoms with E-state index < -0.39 is 0 Å². The molecule has 3 nitrogen and oxygen atoms in total. The van der Waals surface area contributed by atoms with E-state index in [0.717, 1.165) is 30.7 Å². The number of thioether (sulfide) groups is 1. The van der Waals surface area contributed by atoms with E-state index in [0.29, 0.717) is 0 Å². The molecule has 14 heavy (non-hydrogen) atoms. The van der Waals surface area contributed by atoms with Crippen LogP contribution in [0.4, 0.5) is 0 Å². The quantitative estimate of drug-likeness (QED) is 0.729. The standard InChI is InChI=1S/C10H20N2OS/c1-4-13-7-6-11-9-12-10(2,3)5-8-14-9/h4-8H2,1-3H3,(H,11,12). The van der Waals surface area contributed by atoms with Crippen LogP contribution in [-0.2, 0) is 4.74 Å². The second kappa shape index (κ2) is 5.61. The van der Waals surface area contributed by atoms with Crippen molar-refractivity contribution < 1.29 is 4.74 Å². The first-order valence-corrected chi connectivity index (χ1v) is 6.16.